The van der Waals surface area contributed by atoms with Crippen LogP contribution in [0.2, 0.25) is 5.02 Å². The van der Waals surface area contributed by atoms with Gasteiger partial charge in [-0.15, -0.1) is 0 Å². The van der Waals surface area contributed by atoms with Gasteiger partial charge >= 0.3 is 0 Å². The molecule has 2 rings (SSSR count). The highest BCUT2D eigenvalue weighted by atomic mass is 35.5. The van der Waals surface area contributed by atoms with Crippen molar-refractivity contribution in [3.63, 3.8) is 0 Å². The lowest BCUT2D eigenvalue weighted by Crippen LogP contribution is -2.29. The molecule has 1 aliphatic rings. The van der Waals surface area contributed by atoms with E-state index in [9.17, 15) is 9.50 Å². The predicted octanol–water partition coefficient (Wildman–Crippen LogP) is 3.29. The summed E-state index contributed by atoms with van der Waals surface area (Å²) in [6, 6.07) is 4.89. The van der Waals surface area contributed by atoms with Crippen molar-refractivity contribution >= 4 is 11.6 Å². The monoisotopic (exact) mass is 271 g/mol. The van der Waals surface area contributed by atoms with Gasteiger partial charge in [-0.05, 0) is 43.4 Å². The Bertz CT molecular complexity index is 413. The molecule has 0 aromatic heterocycles. The van der Waals surface area contributed by atoms with Crippen molar-refractivity contribution in [2.75, 3.05) is 6.54 Å². The Hall–Kier alpha value is -0.640. The molecular weight excluding hydrogens is 253 g/mol. The molecule has 0 aliphatic heterocycles. The number of hydrogen-bond donors (Lipinski definition) is 2. The molecule has 2 N–H and O–H groups in total. The zero-order chi connectivity index (χ0) is 13.1. The maximum atomic E-state index is 13.1. The van der Waals surface area contributed by atoms with Crippen LogP contribution in [0.4, 0.5) is 4.39 Å². The van der Waals surface area contributed by atoms with Crippen LogP contribution in [0.25, 0.3) is 0 Å². The quantitative estimate of drug-likeness (QED) is 0.881. The van der Waals surface area contributed by atoms with E-state index in [0.29, 0.717) is 5.92 Å². The van der Waals surface area contributed by atoms with E-state index in [4.69, 9.17) is 11.6 Å². The van der Waals surface area contributed by atoms with Crippen molar-refractivity contribution in [2.45, 2.75) is 38.3 Å². The Morgan fingerprint density at radius 2 is 2.28 bits per heavy atom. The third kappa shape index (κ3) is 3.22. The molecule has 1 aliphatic carbocycles. The standard InChI is InChI=1S/C14H19ClFNO/c1-9(10-5-6-13(16)12(15)7-10)17-8-11-3-2-4-14(11)18/h5-7,9,11,14,17-18H,2-4,8H2,1H3. The molecule has 1 aromatic carbocycles. The first-order valence-corrected chi connectivity index (χ1v) is 6.82. The number of halogens is 2. The molecule has 100 valence electrons. The van der Waals surface area contributed by atoms with E-state index in [1.807, 2.05) is 6.92 Å². The third-order valence-electron chi connectivity index (χ3n) is 3.75. The molecule has 4 heteroatoms. The van der Waals surface area contributed by atoms with E-state index in [1.165, 1.54) is 6.07 Å². The molecule has 1 saturated carbocycles. The van der Waals surface area contributed by atoms with Crippen LogP contribution in [-0.2, 0) is 0 Å². The first kappa shape index (κ1) is 13.8. The summed E-state index contributed by atoms with van der Waals surface area (Å²) in [7, 11) is 0. The molecule has 0 amide bonds. The molecule has 3 atom stereocenters. The fourth-order valence-electron chi connectivity index (χ4n) is 2.48. The third-order valence-corrected chi connectivity index (χ3v) is 4.04. The van der Waals surface area contributed by atoms with Crippen molar-refractivity contribution in [3.8, 4) is 0 Å². The van der Waals surface area contributed by atoms with Crippen LogP contribution in [0.3, 0.4) is 0 Å². The lowest BCUT2D eigenvalue weighted by Gasteiger charge is -2.20. The Balaban J connectivity index is 1.90. The van der Waals surface area contributed by atoms with Crippen LogP contribution in [0.5, 0.6) is 0 Å². The molecule has 1 fully saturated rings. The highest BCUT2D eigenvalue weighted by Crippen LogP contribution is 2.26. The second-order valence-electron chi connectivity index (χ2n) is 5.06. The van der Waals surface area contributed by atoms with Crippen molar-refractivity contribution in [1.29, 1.82) is 0 Å². The molecule has 3 unspecified atom stereocenters. The van der Waals surface area contributed by atoms with Crippen molar-refractivity contribution in [3.05, 3.63) is 34.6 Å². The van der Waals surface area contributed by atoms with Gasteiger partial charge < -0.3 is 10.4 Å². The van der Waals surface area contributed by atoms with Crippen molar-refractivity contribution in [1.82, 2.24) is 5.32 Å². The Kier molecular flexibility index (Phi) is 4.60. The highest BCUT2D eigenvalue weighted by Gasteiger charge is 2.25. The van der Waals surface area contributed by atoms with Crippen LogP contribution in [0.15, 0.2) is 18.2 Å². The van der Waals surface area contributed by atoms with Gasteiger partial charge in [-0.3, -0.25) is 0 Å². The first-order valence-electron chi connectivity index (χ1n) is 6.44. The Labute approximate surface area is 112 Å². The van der Waals surface area contributed by atoms with E-state index in [-0.39, 0.29) is 23.0 Å². The molecule has 0 bridgehead atoms. The normalized spacial score (nSPS) is 25.3. The van der Waals surface area contributed by atoms with E-state index >= 15 is 0 Å². The minimum absolute atomic E-state index is 0.107. The second kappa shape index (κ2) is 6.00. The molecule has 0 heterocycles. The Morgan fingerprint density at radius 1 is 1.50 bits per heavy atom. The van der Waals surface area contributed by atoms with E-state index in [1.54, 1.807) is 12.1 Å². The van der Waals surface area contributed by atoms with Crippen molar-refractivity contribution in [2.24, 2.45) is 5.92 Å². The zero-order valence-electron chi connectivity index (χ0n) is 10.5. The van der Waals surface area contributed by atoms with E-state index in [2.05, 4.69) is 5.32 Å². The smallest absolute Gasteiger partial charge is 0.141 e. The van der Waals surface area contributed by atoms with Crippen LogP contribution in [-0.4, -0.2) is 17.8 Å². The molecule has 0 spiro atoms. The largest absolute Gasteiger partial charge is 0.393 e. The van der Waals surface area contributed by atoms with Gasteiger partial charge in [0.15, 0.2) is 0 Å². The number of benzene rings is 1. The average Bonchev–Trinajstić information content (AvgIpc) is 2.75. The molecule has 0 saturated heterocycles. The van der Waals surface area contributed by atoms with Gasteiger partial charge in [-0.25, -0.2) is 4.39 Å². The van der Waals surface area contributed by atoms with Crippen LogP contribution in [0.1, 0.15) is 37.8 Å². The first-order chi connectivity index (χ1) is 8.58. The van der Waals surface area contributed by atoms with Crippen LogP contribution in [0, 0.1) is 11.7 Å². The predicted molar refractivity (Wildman–Crippen MR) is 71.2 cm³/mol. The minimum atomic E-state index is -0.390. The summed E-state index contributed by atoms with van der Waals surface area (Å²) in [6.07, 6.45) is 2.90. The number of aliphatic hydroxyl groups is 1. The van der Waals surface area contributed by atoms with Crippen LogP contribution < -0.4 is 5.32 Å². The van der Waals surface area contributed by atoms with Crippen LogP contribution >= 0.6 is 11.6 Å². The zero-order valence-corrected chi connectivity index (χ0v) is 11.3. The van der Waals surface area contributed by atoms with Gasteiger partial charge in [-0.1, -0.05) is 24.1 Å². The summed E-state index contributed by atoms with van der Waals surface area (Å²) in [5.41, 5.74) is 0.967. The maximum Gasteiger partial charge on any atom is 0.141 e. The summed E-state index contributed by atoms with van der Waals surface area (Å²) >= 11 is 5.77. The van der Waals surface area contributed by atoms with E-state index in [0.717, 1.165) is 31.4 Å². The van der Waals surface area contributed by atoms with E-state index < -0.39 is 0 Å². The summed E-state index contributed by atoms with van der Waals surface area (Å²) in [5, 5.41) is 13.3. The Morgan fingerprint density at radius 3 is 2.89 bits per heavy atom. The van der Waals surface area contributed by atoms with Gasteiger partial charge in [0.25, 0.3) is 0 Å². The maximum absolute atomic E-state index is 13.1. The lowest BCUT2D eigenvalue weighted by molar-refractivity contribution is 0.130. The van der Waals surface area contributed by atoms with Gasteiger partial charge in [0, 0.05) is 12.6 Å². The van der Waals surface area contributed by atoms with Gasteiger partial charge in [0.1, 0.15) is 5.82 Å². The summed E-state index contributed by atoms with van der Waals surface area (Å²) in [4.78, 5) is 0. The molecule has 1 aromatic rings. The fourth-order valence-corrected chi connectivity index (χ4v) is 2.67. The van der Waals surface area contributed by atoms with Crippen molar-refractivity contribution < 1.29 is 9.50 Å². The SMILES string of the molecule is CC(NCC1CCCC1O)c1ccc(F)c(Cl)c1. The number of rotatable bonds is 4. The molecular formula is C14H19ClFNO. The summed E-state index contributed by atoms with van der Waals surface area (Å²) in [5.74, 6) is -0.0535. The average molecular weight is 272 g/mol. The van der Waals surface area contributed by atoms with Gasteiger partial charge in [0.05, 0.1) is 11.1 Å². The summed E-state index contributed by atoms with van der Waals surface area (Å²) in [6.45, 7) is 2.81. The minimum Gasteiger partial charge on any atom is -0.393 e. The number of hydrogen-bond acceptors (Lipinski definition) is 2. The fraction of sp³-hybridized carbons (Fsp3) is 0.571. The highest BCUT2D eigenvalue weighted by molar-refractivity contribution is 6.30. The number of nitrogens with one attached hydrogen (secondary N) is 1. The lowest BCUT2D eigenvalue weighted by atomic mass is 10.0. The summed E-state index contributed by atoms with van der Waals surface area (Å²) < 4.78 is 13.1. The molecule has 18 heavy (non-hydrogen) atoms. The second-order valence-corrected chi connectivity index (χ2v) is 5.47. The molecule has 2 nitrogen and oxygen atoms in total. The topological polar surface area (TPSA) is 32.3 Å². The molecule has 0 radical (unpaired) electrons. The number of aliphatic hydroxyl groups excluding tert-OH is 1. The van der Waals surface area contributed by atoms with Gasteiger partial charge in [-0.2, -0.15) is 0 Å². The van der Waals surface area contributed by atoms with Gasteiger partial charge in [0.2, 0.25) is 0 Å².